The maximum Gasteiger partial charge on any atom is 0.205 e. The van der Waals surface area contributed by atoms with Crippen molar-refractivity contribution in [2.24, 2.45) is 11.1 Å². The summed E-state index contributed by atoms with van der Waals surface area (Å²) < 4.78 is 31.0. The average Bonchev–Trinajstić information content (AvgIpc) is 2.76. The molecule has 0 unspecified atom stereocenters. The van der Waals surface area contributed by atoms with Crippen molar-refractivity contribution in [1.29, 1.82) is 5.26 Å². The molecule has 2 aromatic rings. The number of carbonyl (C=O) groups is 1. The van der Waals surface area contributed by atoms with Gasteiger partial charge in [-0.1, -0.05) is 38.1 Å². The predicted octanol–water partition coefficient (Wildman–Crippen LogP) is 4.86. The topological polar surface area (TPSA) is 94.6 Å². The van der Waals surface area contributed by atoms with Gasteiger partial charge in [-0.05, 0) is 29.2 Å². The van der Waals surface area contributed by atoms with E-state index in [-0.39, 0.29) is 35.1 Å². The molecule has 0 radical (unpaired) electrons. The molecule has 0 fully saturated rings. The smallest absolute Gasteiger partial charge is 0.205 e. The number of allylic oxidation sites excluding steroid dienone is 3. The molecule has 2 aliphatic rings. The Labute approximate surface area is 192 Å². The third-order valence-electron chi connectivity index (χ3n) is 5.94. The molecule has 0 saturated heterocycles. The van der Waals surface area contributed by atoms with Crippen molar-refractivity contribution in [3.05, 3.63) is 82.2 Å². The normalized spacial score (nSPS) is 19.5. The van der Waals surface area contributed by atoms with Crippen LogP contribution in [-0.2, 0) is 16.1 Å². The van der Waals surface area contributed by atoms with E-state index in [2.05, 4.69) is 6.07 Å². The Bertz CT molecular complexity index is 1220. The van der Waals surface area contributed by atoms with Gasteiger partial charge in [0.2, 0.25) is 5.88 Å². The second kappa shape index (κ2) is 8.62. The number of ether oxygens (including phenoxy) is 3. The second-order valence-corrected chi connectivity index (χ2v) is 8.99. The number of rotatable bonds is 5. The SMILES string of the molecule is COc1cc([C@H]2C(C#N)=C(N)OC3=C2C(=O)CC(C)(C)C3)ccc1OCc1ccccc1F. The predicted molar refractivity (Wildman–Crippen MR) is 119 cm³/mol. The Balaban J connectivity index is 1.71. The zero-order chi connectivity index (χ0) is 23.8. The maximum absolute atomic E-state index is 13.9. The van der Waals surface area contributed by atoms with Gasteiger partial charge in [-0.2, -0.15) is 5.26 Å². The molecule has 1 aliphatic carbocycles. The fourth-order valence-electron chi connectivity index (χ4n) is 4.37. The van der Waals surface area contributed by atoms with Gasteiger partial charge in [0, 0.05) is 24.0 Å². The molecule has 7 heteroatoms. The van der Waals surface area contributed by atoms with Gasteiger partial charge in [0.05, 0.1) is 13.0 Å². The minimum Gasteiger partial charge on any atom is -0.493 e. The fraction of sp³-hybridized carbons (Fsp3) is 0.308. The number of benzene rings is 2. The molecule has 2 aromatic carbocycles. The summed E-state index contributed by atoms with van der Waals surface area (Å²) in [5.74, 6) is 0.256. The van der Waals surface area contributed by atoms with Gasteiger partial charge in [0.15, 0.2) is 17.3 Å². The highest BCUT2D eigenvalue weighted by molar-refractivity contribution is 6.00. The number of carbonyl (C=O) groups excluding carboxylic acids is 1. The van der Waals surface area contributed by atoms with Crippen LogP contribution in [0.5, 0.6) is 11.5 Å². The Morgan fingerprint density at radius 1 is 1.21 bits per heavy atom. The molecule has 0 aromatic heterocycles. The van der Waals surface area contributed by atoms with Crippen LogP contribution >= 0.6 is 0 Å². The Hall–Kier alpha value is -3.79. The van der Waals surface area contributed by atoms with Gasteiger partial charge in [0.1, 0.15) is 29.8 Å². The van der Waals surface area contributed by atoms with Gasteiger partial charge in [0.25, 0.3) is 0 Å². The molecule has 0 saturated carbocycles. The van der Waals surface area contributed by atoms with Crippen LogP contribution in [0.1, 0.15) is 43.7 Å². The van der Waals surface area contributed by atoms with E-state index in [0.29, 0.717) is 46.8 Å². The van der Waals surface area contributed by atoms with Crippen molar-refractivity contribution in [3.8, 4) is 17.6 Å². The summed E-state index contributed by atoms with van der Waals surface area (Å²) in [4.78, 5) is 13.1. The van der Waals surface area contributed by atoms with Gasteiger partial charge < -0.3 is 19.9 Å². The molecule has 0 amide bonds. The van der Waals surface area contributed by atoms with E-state index in [1.54, 1.807) is 36.4 Å². The first-order chi connectivity index (χ1) is 15.7. The average molecular weight is 448 g/mol. The number of Topliss-reactive ketones (excluding diaryl/α,β-unsaturated/α-hetero) is 1. The van der Waals surface area contributed by atoms with E-state index < -0.39 is 5.92 Å². The highest BCUT2D eigenvalue weighted by Gasteiger charge is 2.43. The van der Waals surface area contributed by atoms with Crippen molar-refractivity contribution >= 4 is 5.78 Å². The van der Waals surface area contributed by atoms with Gasteiger partial charge in [-0.25, -0.2) is 4.39 Å². The van der Waals surface area contributed by atoms with E-state index >= 15 is 0 Å². The van der Waals surface area contributed by atoms with Crippen LogP contribution in [0, 0.1) is 22.6 Å². The molecule has 6 nitrogen and oxygen atoms in total. The van der Waals surface area contributed by atoms with Crippen molar-refractivity contribution in [1.82, 2.24) is 0 Å². The monoisotopic (exact) mass is 448 g/mol. The standard InChI is InChI=1S/C26H25FN2O4/c1-26(2)11-19(30)24-22(12-26)33-25(29)17(13-28)23(24)15-8-9-20(21(10-15)31-3)32-14-16-6-4-5-7-18(16)27/h4-10,23H,11-12,14,29H2,1-3H3/t23-/m0/s1. The first-order valence-corrected chi connectivity index (χ1v) is 10.6. The quantitative estimate of drug-likeness (QED) is 0.702. The number of nitrogens with two attached hydrogens (primary N) is 1. The number of hydrogen-bond donors (Lipinski definition) is 1. The largest absolute Gasteiger partial charge is 0.493 e. The second-order valence-electron chi connectivity index (χ2n) is 8.99. The number of methoxy groups -OCH3 is 1. The van der Waals surface area contributed by atoms with Gasteiger partial charge >= 0.3 is 0 Å². The Morgan fingerprint density at radius 3 is 2.67 bits per heavy atom. The number of ketones is 1. The molecule has 33 heavy (non-hydrogen) atoms. The molecule has 0 bridgehead atoms. The summed E-state index contributed by atoms with van der Waals surface area (Å²) in [5, 5.41) is 9.80. The summed E-state index contributed by atoms with van der Waals surface area (Å²) in [7, 11) is 1.49. The fourth-order valence-corrected chi connectivity index (χ4v) is 4.37. The highest BCUT2D eigenvalue weighted by atomic mass is 19.1. The van der Waals surface area contributed by atoms with E-state index in [4.69, 9.17) is 19.9 Å². The number of hydrogen-bond acceptors (Lipinski definition) is 6. The molecule has 170 valence electrons. The minimum atomic E-state index is -0.656. The van der Waals surface area contributed by atoms with Crippen molar-refractivity contribution in [2.75, 3.05) is 7.11 Å². The van der Waals surface area contributed by atoms with E-state index in [9.17, 15) is 14.4 Å². The van der Waals surface area contributed by atoms with E-state index in [1.165, 1.54) is 13.2 Å². The third-order valence-corrected chi connectivity index (χ3v) is 5.94. The number of nitriles is 1. The molecular formula is C26H25FN2O4. The zero-order valence-electron chi connectivity index (χ0n) is 18.8. The summed E-state index contributed by atoms with van der Waals surface area (Å²) in [6.07, 6.45) is 0.899. The summed E-state index contributed by atoms with van der Waals surface area (Å²) in [6, 6.07) is 13.7. The lowest BCUT2D eigenvalue weighted by Gasteiger charge is -2.37. The lowest BCUT2D eigenvalue weighted by Crippen LogP contribution is -2.33. The van der Waals surface area contributed by atoms with Crippen LogP contribution in [0.4, 0.5) is 4.39 Å². The number of nitrogens with zero attached hydrogens (tertiary/aromatic N) is 1. The van der Waals surface area contributed by atoms with Crippen molar-refractivity contribution in [3.63, 3.8) is 0 Å². The molecule has 0 spiro atoms. The maximum atomic E-state index is 13.9. The van der Waals surface area contributed by atoms with Crippen LogP contribution in [0.3, 0.4) is 0 Å². The Morgan fingerprint density at radius 2 is 1.97 bits per heavy atom. The molecule has 2 N–H and O–H groups in total. The highest BCUT2D eigenvalue weighted by Crippen LogP contribution is 2.48. The zero-order valence-corrected chi connectivity index (χ0v) is 18.8. The van der Waals surface area contributed by atoms with Crippen molar-refractivity contribution in [2.45, 2.75) is 39.2 Å². The molecule has 4 rings (SSSR count). The van der Waals surface area contributed by atoms with Gasteiger partial charge in [-0.3, -0.25) is 4.79 Å². The third kappa shape index (κ3) is 4.29. The van der Waals surface area contributed by atoms with E-state index in [1.807, 2.05) is 13.8 Å². The van der Waals surface area contributed by atoms with Crippen LogP contribution in [0.2, 0.25) is 0 Å². The van der Waals surface area contributed by atoms with Crippen LogP contribution in [0.25, 0.3) is 0 Å². The Kier molecular flexibility index (Phi) is 5.86. The summed E-state index contributed by atoms with van der Waals surface area (Å²) in [6.45, 7) is 4.02. The first kappa shape index (κ1) is 22.4. The lowest BCUT2D eigenvalue weighted by molar-refractivity contribution is -0.119. The van der Waals surface area contributed by atoms with Crippen LogP contribution in [-0.4, -0.2) is 12.9 Å². The summed E-state index contributed by atoms with van der Waals surface area (Å²) in [5.41, 5.74) is 7.55. The summed E-state index contributed by atoms with van der Waals surface area (Å²) >= 11 is 0. The van der Waals surface area contributed by atoms with Crippen LogP contribution in [0.15, 0.2) is 65.3 Å². The molecule has 1 aliphatic heterocycles. The molecule has 1 atom stereocenters. The van der Waals surface area contributed by atoms with Crippen LogP contribution < -0.4 is 15.2 Å². The first-order valence-electron chi connectivity index (χ1n) is 10.6. The van der Waals surface area contributed by atoms with E-state index in [0.717, 1.165) is 0 Å². The number of halogens is 1. The molecule has 1 heterocycles. The van der Waals surface area contributed by atoms with Gasteiger partial charge in [-0.15, -0.1) is 0 Å². The minimum absolute atomic E-state index is 0.00518. The molecular weight excluding hydrogens is 423 g/mol. The van der Waals surface area contributed by atoms with Crippen molar-refractivity contribution < 1.29 is 23.4 Å². The lowest BCUT2D eigenvalue weighted by atomic mass is 9.70.